The summed E-state index contributed by atoms with van der Waals surface area (Å²) in [6, 6.07) is -0.712. The topological polar surface area (TPSA) is 75.3 Å². The summed E-state index contributed by atoms with van der Waals surface area (Å²) in [6.07, 6.45) is 6.32. The van der Waals surface area contributed by atoms with Gasteiger partial charge in [-0.2, -0.15) is 0 Å². The van der Waals surface area contributed by atoms with Gasteiger partial charge in [-0.3, -0.25) is 20.2 Å². The highest BCUT2D eigenvalue weighted by molar-refractivity contribution is 6.19. The van der Waals surface area contributed by atoms with Crippen molar-refractivity contribution >= 4 is 17.8 Å². The summed E-state index contributed by atoms with van der Waals surface area (Å²) in [7, 11) is 0. The molecule has 0 aromatic carbocycles. The van der Waals surface area contributed by atoms with Crippen LogP contribution in [-0.2, 0) is 9.59 Å². The van der Waals surface area contributed by atoms with Crippen molar-refractivity contribution < 1.29 is 14.4 Å². The van der Waals surface area contributed by atoms with Crippen LogP contribution >= 0.6 is 0 Å². The zero-order valence-corrected chi connectivity index (χ0v) is 13.7. The fourth-order valence-corrected chi connectivity index (χ4v) is 2.84. The number of hydrogen-bond donors (Lipinski definition) is 2. The number of urea groups is 1. The molecule has 1 aliphatic rings. The van der Waals surface area contributed by atoms with Crippen molar-refractivity contribution in [3.8, 4) is 0 Å². The van der Waals surface area contributed by atoms with E-state index in [0.29, 0.717) is 12.8 Å². The van der Waals surface area contributed by atoms with E-state index in [0.717, 1.165) is 12.8 Å². The van der Waals surface area contributed by atoms with Crippen molar-refractivity contribution in [1.29, 1.82) is 0 Å². The highest BCUT2D eigenvalue weighted by Crippen LogP contribution is 2.38. The van der Waals surface area contributed by atoms with Crippen LogP contribution in [0.3, 0.4) is 0 Å². The summed E-state index contributed by atoms with van der Waals surface area (Å²) >= 11 is 0. The number of hydrogen-bond acceptors (Lipinski definition) is 3. The highest BCUT2D eigenvalue weighted by Gasteiger charge is 2.49. The molecule has 120 valence electrons. The number of barbiturate groups is 1. The molecule has 0 atom stereocenters. The van der Waals surface area contributed by atoms with Crippen molar-refractivity contribution in [2.45, 2.75) is 72.6 Å². The molecule has 0 unspecified atom stereocenters. The Bertz CT molecular complexity index is 396. The van der Waals surface area contributed by atoms with Gasteiger partial charge in [0.05, 0.1) is 0 Å². The normalized spacial score (nSPS) is 18.4. The van der Waals surface area contributed by atoms with Crippen LogP contribution in [0.4, 0.5) is 4.79 Å². The van der Waals surface area contributed by atoms with Crippen LogP contribution in [0.25, 0.3) is 0 Å². The third-order valence-corrected chi connectivity index (χ3v) is 4.61. The van der Waals surface area contributed by atoms with E-state index >= 15 is 0 Å². The molecule has 0 radical (unpaired) electrons. The average Bonchev–Trinajstić information content (AvgIpc) is 2.38. The second-order valence-corrected chi connectivity index (χ2v) is 6.79. The van der Waals surface area contributed by atoms with Gasteiger partial charge in [0.15, 0.2) is 0 Å². The molecule has 1 fully saturated rings. The van der Waals surface area contributed by atoms with E-state index in [9.17, 15) is 14.4 Å². The highest BCUT2D eigenvalue weighted by atomic mass is 16.2. The second-order valence-electron chi connectivity index (χ2n) is 6.79. The Balaban J connectivity index is 2.71. The van der Waals surface area contributed by atoms with E-state index in [2.05, 4.69) is 31.4 Å². The second kappa shape index (κ2) is 7.05. The van der Waals surface area contributed by atoms with E-state index in [-0.39, 0.29) is 5.41 Å². The van der Waals surface area contributed by atoms with E-state index in [1.54, 1.807) is 0 Å². The molecule has 4 amide bonds. The summed E-state index contributed by atoms with van der Waals surface area (Å²) in [5, 5.41) is 4.46. The molecule has 5 nitrogen and oxygen atoms in total. The number of imide groups is 2. The van der Waals surface area contributed by atoms with Crippen LogP contribution < -0.4 is 10.6 Å². The predicted molar refractivity (Wildman–Crippen MR) is 81.6 cm³/mol. The molecule has 5 heteroatoms. The lowest BCUT2D eigenvalue weighted by molar-refractivity contribution is -0.145. The van der Waals surface area contributed by atoms with Gasteiger partial charge in [-0.1, -0.05) is 47.0 Å². The summed E-state index contributed by atoms with van der Waals surface area (Å²) in [6.45, 7) is 8.34. The van der Waals surface area contributed by atoms with Crippen LogP contribution in [0.1, 0.15) is 72.6 Å². The first-order chi connectivity index (χ1) is 9.77. The molecule has 1 aliphatic heterocycles. The molecule has 0 aromatic rings. The molecule has 0 spiro atoms. The Morgan fingerprint density at radius 1 is 0.952 bits per heavy atom. The minimum absolute atomic E-state index is 0.0966. The van der Waals surface area contributed by atoms with Crippen molar-refractivity contribution in [3.63, 3.8) is 0 Å². The lowest BCUT2D eigenvalue weighted by Crippen LogP contribution is -2.62. The molecule has 0 aromatic heterocycles. The Hall–Kier alpha value is -1.39. The van der Waals surface area contributed by atoms with Crippen molar-refractivity contribution in [2.75, 3.05) is 0 Å². The Labute approximate surface area is 127 Å². The third-order valence-electron chi connectivity index (χ3n) is 4.61. The molecular formula is C16H28N2O3. The predicted octanol–water partition coefficient (Wildman–Crippen LogP) is 3.14. The van der Waals surface area contributed by atoms with E-state index in [1.165, 1.54) is 19.3 Å². The molecule has 2 N–H and O–H groups in total. The van der Waals surface area contributed by atoms with Gasteiger partial charge in [-0.05, 0) is 31.1 Å². The lowest BCUT2D eigenvalue weighted by Gasteiger charge is -2.36. The molecule has 1 heterocycles. The number of amides is 4. The van der Waals surface area contributed by atoms with Crippen molar-refractivity contribution in [2.24, 2.45) is 10.8 Å². The minimum Gasteiger partial charge on any atom is -0.277 e. The standard InChI is InChI=1S/C16H28N2O3/c1-5-7-8-9-15(3,4)10-11-16(6-2)12(19)17-14(21)18-13(16)20/h5-11H2,1-4H3,(H2,17,18,19,20,21). The zero-order chi connectivity index (χ0) is 16.1. The molecule has 0 aliphatic carbocycles. The fourth-order valence-electron chi connectivity index (χ4n) is 2.84. The Kier molecular flexibility index (Phi) is 5.93. The summed E-state index contributed by atoms with van der Waals surface area (Å²) < 4.78 is 0. The number of unbranched alkanes of at least 4 members (excludes halogenated alkanes) is 2. The fraction of sp³-hybridized carbons (Fsp3) is 0.812. The van der Waals surface area contributed by atoms with Crippen molar-refractivity contribution in [3.05, 3.63) is 0 Å². The molecule has 1 saturated heterocycles. The number of carbonyl (C=O) groups excluding carboxylic acids is 3. The first-order valence-electron chi connectivity index (χ1n) is 7.94. The van der Waals surface area contributed by atoms with Gasteiger partial charge < -0.3 is 0 Å². The van der Waals surface area contributed by atoms with Crippen LogP contribution in [0.15, 0.2) is 0 Å². The number of rotatable bonds is 8. The lowest BCUT2D eigenvalue weighted by atomic mass is 9.72. The van der Waals surface area contributed by atoms with Crippen LogP contribution in [-0.4, -0.2) is 17.8 Å². The number of nitrogens with one attached hydrogen (secondary N) is 2. The quantitative estimate of drug-likeness (QED) is 0.533. The van der Waals surface area contributed by atoms with Gasteiger partial charge in [-0.25, -0.2) is 4.79 Å². The minimum atomic E-state index is -1.10. The average molecular weight is 296 g/mol. The van der Waals surface area contributed by atoms with E-state index in [4.69, 9.17) is 0 Å². The van der Waals surface area contributed by atoms with Crippen LogP contribution in [0.2, 0.25) is 0 Å². The largest absolute Gasteiger partial charge is 0.328 e. The molecule has 21 heavy (non-hydrogen) atoms. The third kappa shape index (κ3) is 4.29. The van der Waals surface area contributed by atoms with Crippen LogP contribution in [0, 0.1) is 10.8 Å². The maximum Gasteiger partial charge on any atom is 0.328 e. The van der Waals surface area contributed by atoms with Gasteiger partial charge in [-0.15, -0.1) is 0 Å². The molecule has 0 saturated carbocycles. The summed E-state index contributed by atoms with van der Waals surface area (Å²) in [5.41, 5.74) is -1.00. The molecular weight excluding hydrogens is 268 g/mol. The van der Waals surface area contributed by atoms with E-state index < -0.39 is 23.3 Å². The maximum atomic E-state index is 12.2. The van der Waals surface area contributed by atoms with E-state index in [1.807, 2.05) is 6.92 Å². The van der Waals surface area contributed by atoms with Gasteiger partial charge in [0.2, 0.25) is 11.8 Å². The van der Waals surface area contributed by atoms with Gasteiger partial charge >= 0.3 is 6.03 Å². The molecule has 0 bridgehead atoms. The van der Waals surface area contributed by atoms with Gasteiger partial charge in [0.25, 0.3) is 0 Å². The number of carbonyl (C=O) groups is 3. The van der Waals surface area contributed by atoms with Gasteiger partial charge in [0, 0.05) is 0 Å². The summed E-state index contributed by atoms with van der Waals surface area (Å²) in [4.78, 5) is 35.5. The zero-order valence-electron chi connectivity index (χ0n) is 13.7. The first kappa shape index (κ1) is 17.7. The molecule has 1 rings (SSSR count). The first-order valence-corrected chi connectivity index (χ1v) is 7.94. The smallest absolute Gasteiger partial charge is 0.277 e. The Morgan fingerprint density at radius 2 is 1.52 bits per heavy atom. The SMILES string of the molecule is CCCCCC(C)(C)CCC1(CC)C(=O)NC(=O)NC1=O. The maximum absolute atomic E-state index is 12.2. The van der Waals surface area contributed by atoms with Crippen LogP contribution in [0.5, 0.6) is 0 Å². The van der Waals surface area contributed by atoms with Gasteiger partial charge in [0.1, 0.15) is 5.41 Å². The van der Waals surface area contributed by atoms with Crippen molar-refractivity contribution in [1.82, 2.24) is 10.6 Å². The summed E-state index contributed by atoms with van der Waals surface area (Å²) in [5.74, 6) is -0.911. The Morgan fingerprint density at radius 3 is 2.00 bits per heavy atom. The monoisotopic (exact) mass is 296 g/mol.